The smallest absolute Gasteiger partial charge is 0.296 e. The summed E-state index contributed by atoms with van der Waals surface area (Å²) in [6.45, 7) is 0. The van der Waals surface area contributed by atoms with Gasteiger partial charge in [-0.15, -0.1) is 0 Å². The molecule has 0 aliphatic carbocycles. The van der Waals surface area contributed by atoms with Gasteiger partial charge in [-0.05, 0) is 0 Å². The molecule has 0 nitrogen and oxygen atoms in total. The van der Waals surface area contributed by atoms with Crippen LogP contribution in [0.25, 0.3) is 0 Å². The molecule has 0 aliphatic rings. The van der Waals surface area contributed by atoms with Crippen molar-refractivity contribution in [2.24, 2.45) is 0 Å². The Labute approximate surface area is 78.8 Å². The highest BCUT2D eigenvalue weighted by Crippen LogP contribution is 2.04. The van der Waals surface area contributed by atoms with Crippen molar-refractivity contribution in [2.45, 2.75) is 0 Å². The third-order valence-electron chi connectivity index (χ3n) is 1.07. The number of rotatable bonds is 1. The Bertz CT molecular complexity index is 183. The van der Waals surface area contributed by atoms with Gasteiger partial charge in [-0.3, -0.25) is 12.9 Å². The van der Waals surface area contributed by atoms with Crippen molar-refractivity contribution in [3.8, 4) is 0 Å². The minimum atomic E-state index is -0.133. The van der Waals surface area contributed by atoms with Crippen LogP contribution in [0.2, 0.25) is 0 Å². The van der Waals surface area contributed by atoms with Crippen LogP contribution in [-0.4, -0.2) is 18.2 Å². The van der Waals surface area contributed by atoms with Crippen LogP contribution in [0.15, 0.2) is 28.7 Å². The van der Waals surface area contributed by atoms with E-state index in [0.717, 1.165) is 4.47 Å². The van der Waals surface area contributed by atoms with Crippen molar-refractivity contribution >= 4 is 50.7 Å². The van der Waals surface area contributed by atoms with Crippen LogP contribution in [0.1, 0.15) is 0 Å². The Kier molecular flexibility index (Phi) is 3.54. The average Bonchev–Trinajstić information content (AvgIpc) is 1.90. The summed E-state index contributed by atoms with van der Waals surface area (Å²) >= 11 is 6.75. The molecule has 0 amide bonds. The van der Waals surface area contributed by atoms with Crippen molar-refractivity contribution < 1.29 is 0 Å². The molecule has 0 heterocycles. The Hall–Kier alpha value is 0.946. The fourth-order valence-corrected chi connectivity index (χ4v) is 2.37. The Morgan fingerprint density at radius 1 is 1.11 bits per heavy atom. The Balaban J connectivity index is 2.88. The summed E-state index contributed by atoms with van der Waals surface area (Å²) in [5.41, 5.74) is 0. The second-order valence-electron chi connectivity index (χ2n) is 1.76. The summed E-state index contributed by atoms with van der Waals surface area (Å²) in [5.74, 6) is 0. The molecular weight excluding hydrogens is 256 g/mol. The molecule has 0 bridgehead atoms. The molecule has 0 aliphatic heterocycles. The van der Waals surface area contributed by atoms with Gasteiger partial charge in [0, 0.05) is 4.47 Å². The van der Waals surface area contributed by atoms with Crippen LogP contribution in [-0.2, 0) is 0 Å². The number of benzene rings is 1. The van der Waals surface area contributed by atoms with Crippen LogP contribution >= 0.6 is 28.8 Å². The van der Waals surface area contributed by atoms with Crippen molar-refractivity contribution in [3.63, 3.8) is 0 Å². The minimum absolute atomic E-state index is 0.133. The van der Waals surface area contributed by atoms with Gasteiger partial charge >= 0.3 is 18.2 Å². The standard InChI is InChI=1S/C6H4Br.BrH.Mg/c7-6-4-2-1-3-5-6;;/h2-5H;1H;/q;;+1/p-1. The van der Waals surface area contributed by atoms with E-state index in [4.69, 9.17) is 0 Å². The van der Waals surface area contributed by atoms with Crippen LogP contribution in [0.5, 0.6) is 0 Å². The maximum Gasteiger partial charge on any atom is 0.506 e. The number of halogens is 2. The van der Waals surface area contributed by atoms with Gasteiger partial charge in [-0.1, -0.05) is 40.2 Å². The zero-order chi connectivity index (χ0) is 6.69. The molecule has 0 atom stereocenters. The first-order valence-corrected chi connectivity index (χ1v) is 8.03. The molecule has 0 saturated heterocycles. The highest BCUT2D eigenvalue weighted by molar-refractivity contribution is 9.23. The van der Waals surface area contributed by atoms with Crippen LogP contribution in [0.4, 0.5) is 0 Å². The van der Waals surface area contributed by atoms with E-state index in [1.54, 1.807) is 0 Å². The molecule has 0 unspecified atom stereocenters. The summed E-state index contributed by atoms with van der Waals surface area (Å²) in [7, 11) is 0. The SMILES string of the molecule is [Br][Mg][c]1ccc(Br)cc1. The van der Waals surface area contributed by atoms with Gasteiger partial charge in [0.2, 0.25) is 0 Å². The lowest BCUT2D eigenvalue weighted by Crippen LogP contribution is -2.05. The maximum absolute atomic E-state index is 3.51. The summed E-state index contributed by atoms with van der Waals surface area (Å²) in [4.78, 5) is 0. The van der Waals surface area contributed by atoms with Gasteiger partial charge in [0.05, 0.1) is 0 Å². The van der Waals surface area contributed by atoms with Gasteiger partial charge in [0.15, 0.2) is 0 Å². The number of hydrogen-bond donors (Lipinski definition) is 0. The van der Waals surface area contributed by atoms with Crippen molar-refractivity contribution in [1.29, 1.82) is 0 Å². The third kappa shape index (κ3) is 2.58. The zero-order valence-corrected chi connectivity index (χ0v) is 9.36. The summed E-state index contributed by atoms with van der Waals surface area (Å²) in [6.07, 6.45) is 0. The molecule has 44 valence electrons. The van der Waals surface area contributed by atoms with Gasteiger partial charge in [-0.25, -0.2) is 0 Å². The van der Waals surface area contributed by atoms with Crippen LogP contribution in [0.3, 0.4) is 0 Å². The van der Waals surface area contributed by atoms with E-state index < -0.39 is 0 Å². The van der Waals surface area contributed by atoms with Crippen molar-refractivity contribution in [1.82, 2.24) is 0 Å². The monoisotopic (exact) mass is 258 g/mol. The molecule has 0 radical (unpaired) electrons. The molecule has 0 saturated carbocycles. The molecule has 0 aromatic heterocycles. The lowest BCUT2D eigenvalue weighted by atomic mass is 10.4. The molecule has 0 spiro atoms. The zero-order valence-electron chi connectivity index (χ0n) is 4.77. The fourth-order valence-electron chi connectivity index (χ4n) is 0.573. The molecule has 0 fully saturated rings. The van der Waals surface area contributed by atoms with Gasteiger partial charge in [0.1, 0.15) is 0 Å². The Morgan fingerprint density at radius 3 is 2.11 bits per heavy atom. The molecular formula is C6H4Br2Mg. The molecule has 1 aromatic rings. The van der Waals surface area contributed by atoms with Gasteiger partial charge < -0.3 is 0 Å². The summed E-state index contributed by atoms with van der Waals surface area (Å²) < 4.78 is 2.60. The van der Waals surface area contributed by atoms with Gasteiger partial charge in [-0.2, -0.15) is 3.69 Å². The van der Waals surface area contributed by atoms with Gasteiger partial charge in [0.25, 0.3) is 0 Å². The van der Waals surface area contributed by atoms with Crippen molar-refractivity contribution in [3.05, 3.63) is 28.7 Å². The average molecular weight is 260 g/mol. The van der Waals surface area contributed by atoms with E-state index >= 15 is 0 Å². The normalized spacial score (nSPS) is 8.67. The predicted molar refractivity (Wildman–Crippen MR) is 48.5 cm³/mol. The molecule has 9 heavy (non-hydrogen) atoms. The lowest BCUT2D eigenvalue weighted by molar-refractivity contribution is 1.70. The van der Waals surface area contributed by atoms with E-state index in [-0.39, 0.29) is 18.2 Å². The molecule has 0 N–H and O–H groups in total. The van der Waals surface area contributed by atoms with E-state index in [1.807, 2.05) is 0 Å². The quantitative estimate of drug-likeness (QED) is 0.678. The van der Waals surface area contributed by atoms with Crippen molar-refractivity contribution in [2.75, 3.05) is 0 Å². The van der Waals surface area contributed by atoms with E-state index in [0.29, 0.717) is 0 Å². The second-order valence-corrected chi connectivity index (χ2v) is 5.44. The van der Waals surface area contributed by atoms with E-state index in [2.05, 4.69) is 53.1 Å². The van der Waals surface area contributed by atoms with E-state index in [1.165, 1.54) is 3.69 Å². The van der Waals surface area contributed by atoms with Crippen LogP contribution in [0, 0.1) is 0 Å². The highest BCUT2D eigenvalue weighted by Gasteiger charge is 1.91. The first kappa shape index (κ1) is 8.05. The third-order valence-corrected chi connectivity index (χ3v) is 4.32. The van der Waals surface area contributed by atoms with E-state index in [9.17, 15) is 0 Å². The highest BCUT2D eigenvalue weighted by atomic mass is 79.9. The molecule has 1 aromatic carbocycles. The van der Waals surface area contributed by atoms with Crippen LogP contribution < -0.4 is 3.69 Å². The second kappa shape index (κ2) is 3.96. The molecule has 3 heteroatoms. The number of hydrogen-bond acceptors (Lipinski definition) is 0. The predicted octanol–water partition coefficient (Wildman–Crippen LogP) is 2.09. The first-order valence-electron chi connectivity index (χ1n) is 2.63. The largest absolute Gasteiger partial charge is 0.506 e. The lowest BCUT2D eigenvalue weighted by Gasteiger charge is -1.92. The summed E-state index contributed by atoms with van der Waals surface area (Å²) in [5, 5.41) is 0. The maximum atomic E-state index is 3.51. The Morgan fingerprint density at radius 2 is 1.67 bits per heavy atom. The fraction of sp³-hybridized carbons (Fsp3) is 0. The first-order chi connectivity index (χ1) is 4.33. The molecule has 1 rings (SSSR count). The topological polar surface area (TPSA) is 0 Å². The summed E-state index contributed by atoms with van der Waals surface area (Å²) in [6, 6.07) is 8.43. The minimum Gasteiger partial charge on any atom is -0.296 e.